The molecule has 1 amide bonds. The minimum Gasteiger partial charge on any atom is -0.369 e. The van der Waals surface area contributed by atoms with Gasteiger partial charge in [-0.3, -0.25) is 4.79 Å². The van der Waals surface area contributed by atoms with E-state index in [-0.39, 0.29) is 11.7 Å². The Morgan fingerprint density at radius 3 is 2.73 bits per heavy atom. The molecule has 0 bridgehead atoms. The second-order valence-corrected chi connectivity index (χ2v) is 7.04. The molecule has 4 nitrogen and oxygen atoms in total. The fourth-order valence-corrected chi connectivity index (χ4v) is 3.54. The molecule has 5 heteroatoms. The van der Waals surface area contributed by atoms with Gasteiger partial charge in [-0.25, -0.2) is 4.39 Å². The molecule has 2 heterocycles. The van der Waals surface area contributed by atoms with Crippen molar-refractivity contribution in [3.8, 4) is 0 Å². The quantitative estimate of drug-likeness (QED) is 0.802. The van der Waals surface area contributed by atoms with Crippen LogP contribution in [-0.4, -0.2) is 19.0 Å². The molecule has 0 spiro atoms. The van der Waals surface area contributed by atoms with Gasteiger partial charge < -0.3 is 15.5 Å². The van der Waals surface area contributed by atoms with Gasteiger partial charge in [-0.1, -0.05) is 25.1 Å². The molecule has 134 valence electrons. The number of fused-ring (bicyclic) bond motifs is 1. The Labute approximate surface area is 152 Å². The fourth-order valence-electron chi connectivity index (χ4n) is 3.54. The number of para-hydroxylation sites is 1. The maximum atomic E-state index is 14.6. The molecule has 0 unspecified atom stereocenters. The van der Waals surface area contributed by atoms with E-state index in [1.54, 1.807) is 6.20 Å². The number of hydrogen-bond acceptors (Lipinski definition) is 3. The van der Waals surface area contributed by atoms with Gasteiger partial charge in [0.2, 0.25) is 0 Å². The van der Waals surface area contributed by atoms with Crippen LogP contribution in [0.25, 0.3) is 5.57 Å². The number of carbonyl (C=O) groups is 1. The minimum atomic E-state index is -0.237. The number of anilines is 3. The van der Waals surface area contributed by atoms with Crippen molar-refractivity contribution in [3.05, 3.63) is 60.0 Å². The summed E-state index contributed by atoms with van der Waals surface area (Å²) in [5.41, 5.74) is 3.48. The van der Waals surface area contributed by atoms with Crippen LogP contribution in [-0.2, 0) is 4.79 Å². The van der Waals surface area contributed by atoms with Crippen LogP contribution in [0.5, 0.6) is 0 Å². The van der Waals surface area contributed by atoms with Gasteiger partial charge in [-0.15, -0.1) is 0 Å². The summed E-state index contributed by atoms with van der Waals surface area (Å²) < 4.78 is 14.6. The minimum absolute atomic E-state index is 0.154. The van der Waals surface area contributed by atoms with Gasteiger partial charge in [-0.2, -0.15) is 0 Å². The molecule has 0 radical (unpaired) electrons. The Kier molecular flexibility index (Phi) is 4.37. The summed E-state index contributed by atoms with van der Waals surface area (Å²) in [6.07, 6.45) is 3.83. The van der Waals surface area contributed by atoms with E-state index in [9.17, 15) is 9.18 Å². The second-order valence-electron chi connectivity index (χ2n) is 7.04. The van der Waals surface area contributed by atoms with E-state index in [1.807, 2.05) is 36.4 Å². The Bertz CT molecular complexity index is 869. The number of piperidine rings is 1. The largest absolute Gasteiger partial charge is 0.369 e. The highest BCUT2D eigenvalue weighted by atomic mass is 19.1. The van der Waals surface area contributed by atoms with Gasteiger partial charge in [0.05, 0.1) is 11.3 Å². The molecule has 2 aromatic rings. The summed E-state index contributed by atoms with van der Waals surface area (Å²) >= 11 is 0. The Hall–Kier alpha value is -2.82. The van der Waals surface area contributed by atoms with Crippen molar-refractivity contribution in [1.29, 1.82) is 0 Å². The summed E-state index contributed by atoms with van der Waals surface area (Å²) in [6.45, 7) is 4.03. The van der Waals surface area contributed by atoms with E-state index in [4.69, 9.17) is 0 Å². The van der Waals surface area contributed by atoms with Crippen LogP contribution in [0.2, 0.25) is 0 Å². The number of hydrogen-bond donors (Lipinski definition) is 2. The predicted octanol–water partition coefficient (Wildman–Crippen LogP) is 4.47. The second kappa shape index (κ2) is 6.83. The zero-order valence-corrected chi connectivity index (χ0v) is 14.8. The lowest BCUT2D eigenvalue weighted by Crippen LogP contribution is -2.33. The number of amides is 1. The Morgan fingerprint density at radius 2 is 1.96 bits per heavy atom. The van der Waals surface area contributed by atoms with Crippen LogP contribution in [0.1, 0.15) is 25.3 Å². The van der Waals surface area contributed by atoms with E-state index in [2.05, 4.69) is 22.5 Å². The normalized spacial score (nSPS) is 18.8. The smallest absolute Gasteiger partial charge is 0.257 e. The monoisotopic (exact) mass is 351 g/mol. The molecular formula is C21H22FN3O. The third kappa shape index (κ3) is 3.17. The number of rotatable bonds is 3. The van der Waals surface area contributed by atoms with Gasteiger partial charge >= 0.3 is 0 Å². The summed E-state index contributed by atoms with van der Waals surface area (Å²) in [4.78, 5) is 14.2. The average molecular weight is 351 g/mol. The molecule has 0 aromatic heterocycles. The van der Waals surface area contributed by atoms with E-state index < -0.39 is 0 Å². The highest BCUT2D eigenvalue weighted by Crippen LogP contribution is 2.32. The van der Waals surface area contributed by atoms with Crippen molar-refractivity contribution >= 4 is 28.5 Å². The van der Waals surface area contributed by atoms with Crippen molar-refractivity contribution < 1.29 is 9.18 Å². The molecule has 2 aliphatic heterocycles. The van der Waals surface area contributed by atoms with Crippen LogP contribution in [0.4, 0.5) is 21.5 Å². The average Bonchev–Trinajstić information content (AvgIpc) is 2.96. The summed E-state index contributed by atoms with van der Waals surface area (Å²) in [5.74, 6) is 0.319. The van der Waals surface area contributed by atoms with Crippen molar-refractivity contribution in [2.75, 3.05) is 28.6 Å². The SMILES string of the molecule is CC1CCN(c2ccc(N/C=C3/C(=O)Nc4ccccc43)cc2F)CC1. The van der Waals surface area contributed by atoms with Gasteiger partial charge in [0, 0.05) is 36.2 Å². The van der Waals surface area contributed by atoms with Gasteiger partial charge in [0.25, 0.3) is 5.91 Å². The van der Waals surface area contributed by atoms with E-state index in [0.29, 0.717) is 22.9 Å². The van der Waals surface area contributed by atoms with E-state index >= 15 is 0 Å². The van der Waals surface area contributed by atoms with Crippen LogP contribution in [0.3, 0.4) is 0 Å². The zero-order chi connectivity index (χ0) is 18.1. The number of nitrogens with one attached hydrogen (secondary N) is 2. The van der Waals surface area contributed by atoms with E-state index in [1.165, 1.54) is 6.07 Å². The van der Waals surface area contributed by atoms with Crippen molar-refractivity contribution in [2.24, 2.45) is 5.92 Å². The van der Waals surface area contributed by atoms with Crippen molar-refractivity contribution in [3.63, 3.8) is 0 Å². The molecule has 2 aliphatic rings. The summed E-state index contributed by atoms with van der Waals surface area (Å²) in [5, 5.41) is 5.88. The lowest BCUT2D eigenvalue weighted by atomic mass is 9.99. The molecule has 2 aromatic carbocycles. The van der Waals surface area contributed by atoms with Crippen LogP contribution in [0.15, 0.2) is 48.7 Å². The Balaban J connectivity index is 1.51. The first-order chi connectivity index (χ1) is 12.6. The van der Waals surface area contributed by atoms with E-state index in [0.717, 1.165) is 37.2 Å². The number of halogens is 1. The molecule has 4 rings (SSSR count). The molecule has 0 saturated carbocycles. The fraction of sp³-hybridized carbons (Fsp3) is 0.286. The number of nitrogens with zero attached hydrogens (tertiary/aromatic N) is 1. The first kappa shape index (κ1) is 16.6. The van der Waals surface area contributed by atoms with Crippen LogP contribution >= 0.6 is 0 Å². The van der Waals surface area contributed by atoms with Crippen molar-refractivity contribution in [2.45, 2.75) is 19.8 Å². The maximum Gasteiger partial charge on any atom is 0.257 e. The maximum absolute atomic E-state index is 14.6. The lowest BCUT2D eigenvalue weighted by molar-refractivity contribution is -0.110. The van der Waals surface area contributed by atoms with Crippen molar-refractivity contribution in [1.82, 2.24) is 0 Å². The molecule has 2 N–H and O–H groups in total. The topological polar surface area (TPSA) is 44.4 Å². The van der Waals surface area contributed by atoms with Gasteiger partial charge in [0.1, 0.15) is 5.82 Å². The number of benzene rings is 2. The lowest BCUT2D eigenvalue weighted by Gasteiger charge is -2.32. The Morgan fingerprint density at radius 1 is 1.19 bits per heavy atom. The van der Waals surface area contributed by atoms with Crippen LogP contribution < -0.4 is 15.5 Å². The molecule has 0 aliphatic carbocycles. The molecule has 1 saturated heterocycles. The molecular weight excluding hydrogens is 329 g/mol. The standard InChI is InChI=1S/C21H22FN3O/c1-14-8-10-25(11-9-14)20-7-6-15(12-18(20)22)23-13-17-16-4-2-3-5-19(16)24-21(17)26/h2-7,12-14,23H,8-11H2,1H3,(H,24,26)/b17-13+. The first-order valence-corrected chi connectivity index (χ1v) is 9.04. The third-order valence-electron chi connectivity index (χ3n) is 5.17. The molecule has 26 heavy (non-hydrogen) atoms. The summed E-state index contributed by atoms with van der Waals surface area (Å²) in [7, 11) is 0. The predicted molar refractivity (Wildman–Crippen MR) is 104 cm³/mol. The van der Waals surface area contributed by atoms with Gasteiger partial charge in [0.15, 0.2) is 0 Å². The highest BCUT2D eigenvalue weighted by molar-refractivity contribution is 6.31. The number of carbonyl (C=O) groups excluding carboxylic acids is 1. The highest BCUT2D eigenvalue weighted by Gasteiger charge is 2.23. The first-order valence-electron chi connectivity index (χ1n) is 9.04. The van der Waals surface area contributed by atoms with Gasteiger partial charge in [-0.05, 0) is 43.0 Å². The molecule has 0 atom stereocenters. The van der Waals surface area contributed by atoms with Crippen LogP contribution in [0, 0.1) is 11.7 Å². The zero-order valence-electron chi connectivity index (χ0n) is 14.8. The third-order valence-corrected chi connectivity index (χ3v) is 5.17. The molecule has 1 fully saturated rings. The summed E-state index contributed by atoms with van der Waals surface area (Å²) in [6, 6.07) is 12.7.